The van der Waals surface area contributed by atoms with Crippen molar-refractivity contribution in [3.05, 3.63) is 65.7 Å². The molecule has 0 aliphatic heterocycles. The van der Waals surface area contributed by atoms with Gasteiger partial charge in [0, 0.05) is 0 Å². The number of hydrogen-bond acceptors (Lipinski definition) is 1. The highest BCUT2D eigenvalue weighted by Crippen LogP contribution is 2.16. The summed E-state index contributed by atoms with van der Waals surface area (Å²) in [4.78, 5) is 0. The lowest BCUT2D eigenvalue weighted by molar-refractivity contribution is 0.317. The third-order valence-corrected chi connectivity index (χ3v) is 2.62. The van der Waals surface area contributed by atoms with Gasteiger partial charge in [-0.05, 0) is 36.1 Å². The Morgan fingerprint density at radius 1 is 0.882 bits per heavy atom. The molecule has 1 nitrogen and oxygen atoms in total. The van der Waals surface area contributed by atoms with Crippen LogP contribution in [0, 0.1) is 0 Å². The summed E-state index contributed by atoms with van der Waals surface area (Å²) in [6.45, 7) is 2.91. The Bertz CT molecular complexity index is 448. The maximum absolute atomic E-state index is 5.63. The molecule has 2 aromatic rings. The zero-order valence-corrected chi connectivity index (χ0v) is 10.2. The fraction of sp³-hybridized carbons (Fsp3) is 0.250. The maximum Gasteiger partial charge on any atom is 0.119 e. The van der Waals surface area contributed by atoms with Crippen molar-refractivity contribution < 1.29 is 4.74 Å². The van der Waals surface area contributed by atoms with Crippen molar-refractivity contribution in [3.63, 3.8) is 0 Å². The van der Waals surface area contributed by atoms with Crippen LogP contribution in [-0.2, 0) is 6.42 Å². The summed E-state index contributed by atoms with van der Waals surface area (Å²) in [5.41, 5.74) is 2.63. The van der Waals surface area contributed by atoms with Crippen LogP contribution in [0.2, 0.25) is 0 Å². The Morgan fingerprint density at radius 2 is 1.65 bits per heavy atom. The first-order chi connectivity index (χ1) is 8.38. The number of hydrogen-bond donors (Lipinski definition) is 0. The van der Waals surface area contributed by atoms with E-state index in [9.17, 15) is 0 Å². The quantitative estimate of drug-likeness (QED) is 0.747. The fourth-order valence-electron chi connectivity index (χ4n) is 1.80. The van der Waals surface area contributed by atoms with Crippen LogP contribution in [0.4, 0.5) is 0 Å². The van der Waals surface area contributed by atoms with Gasteiger partial charge in [0.2, 0.25) is 0 Å². The molecule has 0 aliphatic rings. The average Bonchev–Trinajstić information content (AvgIpc) is 2.38. The van der Waals surface area contributed by atoms with E-state index in [4.69, 9.17) is 4.74 Å². The Kier molecular flexibility index (Phi) is 4.20. The van der Waals surface area contributed by atoms with Gasteiger partial charge < -0.3 is 4.74 Å². The first kappa shape index (κ1) is 11.7. The molecule has 0 aromatic heterocycles. The fourth-order valence-corrected chi connectivity index (χ4v) is 1.80. The summed E-state index contributed by atoms with van der Waals surface area (Å²) in [5, 5.41) is 0. The molecule has 0 heterocycles. The highest BCUT2D eigenvalue weighted by molar-refractivity contribution is 5.32. The Balaban J connectivity index is 2.06. The summed E-state index contributed by atoms with van der Waals surface area (Å²) in [7, 11) is 0. The Labute approximate surface area is 103 Å². The number of benzene rings is 2. The highest BCUT2D eigenvalue weighted by Gasteiger charge is 1.98. The van der Waals surface area contributed by atoms with E-state index in [0.717, 1.165) is 25.2 Å². The van der Waals surface area contributed by atoms with E-state index in [1.54, 1.807) is 0 Å². The molecule has 0 amide bonds. The summed E-state index contributed by atoms with van der Waals surface area (Å²) >= 11 is 0. The van der Waals surface area contributed by atoms with Crippen molar-refractivity contribution in [1.82, 2.24) is 0 Å². The predicted molar refractivity (Wildman–Crippen MR) is 71.5 cm³/mol. The topological polar surface area (TPSA) is 9.23 Å². The second kappa shape index (κ2) is 6.09. The summed E-state index contributed by atoms with van der Waals surface area (Å²) < 4.78 is 5.63. The second-order valence-corrected chi connectivity index (χ2v) is 4.16. The molecule has 0 bridgehead atoms. The van der Waals surface area contributed by atoms with E-state index in [-0.39, 0.29) is 0 Å². The zero-order chi connectivity index (χ0) is 11.9. The smallest absolute Gasteiger partial charge is 0.119 e. The summed E-state index contributed by atoms with van der Waals surface area (Å²) in [6, 6.07) is 18.9. The van der Waals surface area contributed by atoms with E-state index in [0.29, 0.717) is 0 Å². The first-order valence-electron chi connectivity index (χ1n) is 6.14. The van der Waals surface area contributed by atoms with Crippen molar-refractivity contribution in [2.45, 2.75) is 19.8 Å². The normalized spacial score (nSPS) is 10.2. The molecular weight excluding hydrogens is 208 g/mol. The molecule has 0 N–H and O–H groups in total. The Hall–Kier alpha value is -1.76. The SMILES string of the molecule is CCCOc1cccc(Cc2ccccc2)c1. The third-order valence-electron chi connectivity index (χ3n) is 2.62. The predicted octanol–water partition coefficient (Wildman–Crippen LogP) is 4.07. The van der Waals surface area contributed by atoms with Crippen LogP contribution >= 0.6 is 0 Å². The van der Waals surface area contributed by atoms with E-state index in [1.807, 2.05) is 12.1 Å². The molecule has 0 spiro atoms. The van der Waals surface area contributed by atoms with Gasteiger partial charge in [-0.2, -0.15) is 0 Å². The molecule has 88 valence electrons. The number of ether oxygens (including phenoxy) is 1. The van der Waals surface area contributed by atoms with Gasteiger partial charge in [0.25, 0.3) is 0 Å². The summed E-state index contributed by atoms with van der Waals surface area (Å²) in [6.07, 6.45) is 2.01. The van der Waals surface area contributed by atoms with Crippen LogP contribution in [0.25, 0.3) is 0 Å². The van der Waals surface area contributed by atoms with Crippen LogP contribution in [0.15, 0.2) is 54.6 Å². The van der Waals surface area contributed by atoms with E-state index in [1.165, 1.54) is 11.1 Å². The van der Waals surface area contributed by atoms with Crippen molar-refractivity contribution in [3.8, 4) is 5.75 Å². The minimum atomic E-state index is 0.786. The van der Waals surface area contributed by atoms with Crippen LogP contribution in [0.5, 0.6) is 5.75 Å². The van der Waals surface area contributed by atoms with Crippen LogP contribution < -0.4 is 4.74 Å². The van der Waals surface area contributed by atoms with E-state index >= 15 is 0 Å². The summed E-state index contributed by atoms with van der Waals surface area (Å²) in [5.74, 6) is 0.972. The van der Waals surface area contributed by atoms with Crippen LogP contribution in [0.3, 0.4) is 0 Å². The molecular formula is C16H18O. The minimum Gasteiger partial charge on any atom is -0.494 e. The lowest BCUT2D eigenvalue weighted by Crippen LogP contribution is -1.96. The number of rotatable bonds is 5. The van der Waals surface area contributed by atoms with E-state index < -0.39 is 0 Å². The van der Waals surface area contributed by atoms with Crippen molar-refractivity contribution >= 4 is 0 Å². The van der Waals surface area contributed by atoms with Gasteiger partial charge >= 0.3 is 0 Å². The monoisotopic (exact) mass is 226 g/mol. The molecule has 1 heteroatoms. The molecule has 0 radical (unpaired) electrons. The second-order valence-electron chi connectivity index (χ2n) is 4.16. The van der Waals surface area contributed by atoms with Gasteiger partial charge in [-0.15, -0.1) is 0 Å². The van der Waals surface area contributed by atoms with Gasteiger partial charge in [0.05, 0.1) is 6.61 Å². The molecule has 2 rings (SSSR count). The molecule has 0 saturated carbocycles. The van der Waals surface area contributed by atoms with Crippen molar-refractivity contribution in [2.24, 2.45) is 0 Å². The average molecular weight is 226 g/mol. The van der Waals surface area contributed by atoms with E-state index in [2.05, 4.69) is 49.4 Å². The zero-order valence-electron chi connectivity index (χ0n) is 10.2. The molecule has 0 aliphatic carbocycles. The highest BCUT2D eigenvalue weighted by atomic mass is 16.5. The molecule has 17 heavy (non-hydrogen) atoms. The van der Waals surface area contributed by atoms with Gasteiger partial charge in [-0.25, -0.2) is 0 Å². The van der Waals surface area contributed by atoms with Crippen molar-refractivity contribution in [1.29, 1.82) is 0 Å². The largest absolute Gasteiger partial charge is 0.494 e. The molecule has 0 fully saturated rings. The third kappa shape index (κ3) is 3.63. The lowest BCUT2D eigenvalue weighted by Gasteiger charge is -2.07. The van der Waals surface area contributed by atoms with Crippen molar-refractivity contribution in [2.75, 3.05) is 6.61 Å². The van der Waals surface area contributed by atoms with Crippen LogP contribution in [-0.4, -0.2) is 6.61 Å². The Morgan fingerprint density at radius 3 is 2.41 bits per heavy atom. The molecule has 2 aromatic carbocycles. The van der Waals surface area contributed by atoms with Gasteiger partial charge in [-0.3, -0.25) is 0 Å². The van der Waals surface area contributed by atoms with Gasteiger partial charge in [0.1, 0.15) is 5.75 Å². The standard InChI is InChI=1S/C16H18O/c1-2-11-17-16-10-6-9-15(13-16)12-14-7-4-3-5-8-14/h3-10,13H,2,11-12H2,1H3. The maximum atomic E-state index is 5.63. The van der Waals surface area contributed by atoms with Crippen LogP contribution in [0.1, 0.15) is 24.5 Å². The first-order valence-corrected chi connectivity index (χ1v) is 6.14. The van der Waals surface area contributed by atoms with Gasteiger partial charge in [-0.1, -0.05) is 49.4 Å². The molecule has 0 unspecified atom stereocenters. The molecule has 0 atom stereocenters. The lowest BCUT2D eigenvalue weighted by atomic mass is 10.1. The van der Waals surface area contributed by atoms with Gasteiger partial charge in [0.15, 0.2) is 0 Å². The minimum absolute atomic E-state index is 0.786. The molecule has 0 saturated heterocycles.